The van der Waals surface area contributed by atoms with Crippen LogP contribution in [0, 0.1) is 0 Å². The number of fused-ring (bicyclic) bond motifs is 15. The molecule has 550 valence electrons. The first-order valence-electron chi connectivity index (χ1n) is 38.3. The molecule has 0 saturated carbocycles. The van der Waals surface area contributed by atoms with Gasteiger partial charge in [-0.25, -0.2) is 44.9 Å². The predicted octanol–water partition coefficient (Wildman–Crippen LogP) is 25.0. The number of benzene rings is 13. The van der Waals surface area contributed by atoms with E-state index in [1.165, 1.54) is 37.4 Å². The van der Waals surface area contributed by atoms with Crippen LogP contribution in [0.5, 0.6) is 22.5 Å². The Morgan fingerprint density at radius 3 is 1.04 bits per heavy atom. The molecule has 18 heteroatoms. The SMILES string of the molecule is c1ccc(-c2nc(-c3ccccc3)nc(-c3ccc4c(c3)c3cccc5c3n4-c3ccn(-c4ccccc4)c3S5)n2)cc1.c1ccc(-c2nc(-c3ccccc3)nc(-c3ccc4c(c3)c3cccc5c3n4-c3ccoc3O5)n2)cc1.c1ccc(-c2nc(-c3ccccc3)nc(-c3ccc4c(c3)c3cccc5c3n4-c3ccsc3O5)n2)cc1. The summed E-state index contributed by atoms with van der Waals surface area (Å²) >= 11 is 3.44. The number of ether oxygens (including phenoxy) is 2. The van der Waals surface area contributed by atoms with E-state index in [1.807, 2.05) is 218 Å². The molecule has 9 aromatic heterocycles. The smallest absolute Gasteiger partial charge is 0.315 e. The predicted molar refractivity (Wildman–Crippen MR) is 465 cm³/mol. The van der Waals surface area contributed by atoms with Crippen molar-refractivity contribution in [1.29, 1.82) is 0 Å². The van der Waals surface area contributed by atoms with Crippen molar-refractivity contribution in [3.63, 3.8) is 0 Å². The van der Waals surface area contributed by atoms with Gasteiger partial charge in [-0.05, 0) is 102 Å². The Morgan fingerprint density at radius 1 is 0.265 bits per heavy atom. The fourth-order valence-corrected chi connectivity index (χ4v) is 18.1. The highest BCUT2D eigenvalue weighted by Crippen LogP contribution is 2.52. The third-order valence-electron chi connectivity index (χ3n) is 21.5. The summed E-state index contributed by atoms with van der Waals surface area (Å²) in [5.74, 6) is 8.01. The summed E-state index contributed by atoms with van der Waals surface area (Å²) in [6, 6.07) is 115. The minimum atomic E-state index is 0.499. The zero-order valence-electron chi connectivity index (χ0n) is 61.9. The number of nitrogens with zero attached hydrogens (tertiary/aromatic N) is 13. The second-order valence-electron chi connectivity index (χ2n) is 28.5. The molecule has 25 rings (SSSR count). The van der Waals surface area contributed by atoms with Crippen molar-refractivity contribution in [2.45, 2.75) is 9.92 Å². The van der Waals surface area contributed by atoms with E-state index in [0.717, 1.165) is 127 Å². The van der Waals surface area contributed by atoms with Gasteiger partial charge in [-0.2, -0.15) is 0 Å². The lowest BCUT2D eigenvalue weighted by atomic mass is 10.1. The van der Waals surface area contributed by atoms with Crippen molar-refractivity contribution in [2.75, 3.05) is 0 Å². The maximum Gasteiger partial charge on any atom is 0.315 e. The number of para-hydroxylation sites is 4. The Bertz CT molecular complexity index is 7200. The molecule has 16 nitrogen and oxygen atoms in total. The lowest BCUT2D eigenvalue weighted by Crippen LogP contribution is -2.03. The number of furan rings is 1. The summed E-state index contributed by atoms with van der Waals surface area (Å²) < 4.78 is 27.1. The molecule has 0 N–H and O–H groups in total. The van der Waals surface area contributed by atoms with Crippen molar-refractivity contribution in [1.82, 2.24) is 63.1 Å². The highest BCUT2D eigenvalue weighted by molar-refractivity contribution is 7.99. The quantitative estimate of drug-likeness (QED) is 0.127. The molecule has 0 fully saturated rings. The van der Waals surface area contributed by atoms with Gasteiger partial charge in [0.1, 0.15) is 16.4 Å². The van der Waals surface area contributed by atoms with Crippen LogP contribution in [0.1, 0.15) is 0 Å². The fourth-order valence-electron chi connectivity index (χ4n) is 16.2. The lowest BCUT2D eigenvalue weighted by Gasteiger charge is -2.19. The van der Waals surface area contributed by atoms with E-state index in [4.69, 9.17) is 58.7 Å². The average Bonchev–Trinajstić information content (AvgIpc) is 1.57. The highest BCUT2D eigenvalue weighted by atomic mass is 32.2. The van der Waals surface area contributed by atoms with Crippen LogP contribution in [0.15, 0.2) is 372 Å². The van der Waals surface area contributed by atoms with E-state index in [-0.39, 0.29) is 0 Å². The number of aromatic nitrogens is 13. The molecule has 3 aliphatic heterocycles. The second-order valence-corrected chi connectivity index (χ2v) is 30.4. The van der Waals surface area contributed by atoms with E-state index in [1.54, 1.807) is 17.6 Å². The molecule has 22 aromatic rings. The molecule has 0 radical (unpaired) electrons. The standard InChI is InChI=1S/C37H23N5S.C31H18N4O2.C31H18N4OS/c1-4-11-24(12-5-1)34-38-35(25-13-6-2-7-14-25)40-36(39-34)26-19-20-30-29(23-26)28-17-10-18-32-33(28)42(30)31-21-22-41(37(31)43-32)27-15-8-3-9-16-27;1-3-8-19(9-4-1)28-32-29(20-10-5-2-6-11-20)34-30(33-28)21-14-15-24-23(18-21)22-12-7-13-26-27(22)35(24)25-16-17-36-31(25)37-26;1-3-8-19(9-4-1)28-32-29(20-10-5-2-6-11-20)34-30(33-28)21-14-15-24-23(18-21)22-12-7-13-26-27(22)35(24)25-16-17-37-31(25)36-26/h1-23H;2*1-18H. The van der Waals surface area contributed by atoms with Gasteiger partial charge < -0.3 is 27.6 Å². The maximum atomic E-state index is 6.23. The fraction of sp³-hybridized carbons (Fsp3) is 0. The molecule has 0 amide bonds. The Morgan fingerprint density at radius 2 is 0.624 bits per heavy atom. The zero-order chi connectivity index (χ0) is 77.0. The van der Waals surface area contributed by atoms with Crippen LogP contribution in [-0.4, -0.2) is 63.1 Å². The van der Waals surface area contributed by atoms with Gasteiger partial charge in [0, 0.05) is 105 Å². The molecular weight excluding hydrogens is 1480 g/mol. The summed E-state index contributed by atoms with van der Waals surface area (Å²) in [4.78, 5) is 45.4. The Labute approximate surface area is 676 Å². The van der Waals surface area contributed by atoms with Crippen LogP contribution >= 0.6 is 23.1 Å². The van der Waals surface area contributed by atoms with Gasteiger partial charge in [-0.3, -0.25) is 4.57 Å². The number of hydrogen-bond donors (Lipinski definition) is 0. The van der Waals surface area contributed by atoms with Gasteiger partial charge in [0.25, 0.3) is 0 Å². The first-order valence-corrected chi connectivity index (χ1v) is 40.0. The van der Waals surface area contributed by atoms with Crippen LogP contribution in [0.3, 0.4) is 0 Å². The monoisotopic (exact) mass is 1540 g/mol. The van der Waals surface area contributed by atoms with Crippen LogP contribution in [0.2, 0.25) is 0 Å². The van der Waals surface area contributed by atoms with Crippen molar-refractivity contribution >= 4 is 88.5 Å². The van der Waals surface area contributed by atoms with Gasteiger partial charge in [0.15, 0.2) is 63.9 Å². The molecule has 0 aliphatic carbocycles. The minimum Gasteiger partial charge on any atom is -0.442 e. The summed E-state index contributed by atoms with van der Waals surface area (Å²) in [6.07, 6.45) is 3.83. The number of hydrogen-bond acceptors (Lipinski definition) is 14. The Hall–Kier alpha value is -15.5. The molecule has 0 bridgehead atoms. The van der Waals surface area contributed by atoms with Gasteiger partial charge >= 0.3 is 5.95 Å². The largest absolute Gasteiger partial charge is 0.442 e. The highest BCUT2D eigenvalue weighted by Gasteiger charge is 2.31. The number of thiophene rings is 1. The van der Waals surface area contributed by atoms with Crippen LogP contribution in [0.4, 0.5) is 0 Å². The summed E-state index contributed by atoms with van der Waals surface area (Å²) in [6.45, 7) is 0. The maximum absolute atomic E-state index is 6.23. The normalized spacial score (nSPS) is 12.0. The molecule has 0 spiro atoms. The van der Waals surface area contributed by atoms with Crippen molar-refractivity contribution in [3.05, 3.63) is 358 Å². The Kier molecular flexibility index (Phi) is 15.9. The molecule has 3 aliphatic rings. The van der Waals surface area contributed by atoms with Gasteiger partial charge in [-0.15, -0.1) is 11.3 Å². The number of rotatable bonds is 10. The van der Waals surface area contributed by atoms with Crippen LogP contribution in [0.25, 0.3) is 191 Å². The van der Waals surface area contributed by atoms with E-state index in [0.29, 0.717) is 58.4 Å². The van der Waals surface area contributed by atoms with E-state index in [2.05, 4.69) is 163 Å². The lowest BCUT2D eigenvalue weighted by molar-refractivity contribution is 0.343. The van der Waals surface area contributed by atoms with Crippen molar-refractivity contribution in [3.8, 4) is 148 Å². The first kappa shape index (κ1) is 67.2. The average molecular weight is 1540 g/mol. The Balaban J connectivity index is 0.000000104. The van der Waals surface area contributed by atoms with Crippen molar-refractivity contribution < 1.29 is 13.9 Å². The van der Waals surface area contributed by atoms with Crippen LogP contribution in [-0.2, 0) is 0 Å². The topological polar surface area (TPSA) is 167 Å². The van der Waals surface area contributed by atoms with Gasteiger partial charge in [0.05, 0.1) is 45.1 Å². The molecule has 117 heavy (non-hydrogen) atoms. The minimum absolute atomic E-state index is 0.499. The van der Waals surface area contributed by atoms with Crippen LogP contribution < -0.4 is 9.47 Å². The molecule has 12 heterocycles. The first-order chi connectivity index (χ1) is 58.0. The van der Waals surface area contributed by atoms with E-state index in [9.17, 15) is 0 Å². The van der Waals surface area contributed by atoms with E-state index >= 15 is 0 Å². The van der Waals surface area contributed by atoms with Gasteiger partial charge in [0.2, 0.25) is 5.06 Å². The van der Waals surface area contributed by atoms with Gasteiger partial charge in [-0.1, -0.05) is 248 Å². The molecule has 0 atom stereocenters. The van der Waals surface area contributed by atoms with E-state index < -0.39 is 0 Å². The van der Waals surface area contributed by atoms with Crippen molar-refractivity contribution in [2.24, 2.45) is 0 Å². The third-order valence-corrected chi connectivity index (χ3v) is 23.5. The molecule has 13 aromatic carbocycles. The molecule has 0 unspecified atom stereocenters. The summed E-state index contributed by atoms with van der Waals surface area (Å²) in [7, 11) is 0. The summed E-state index contributed by atoms with van der Waals surface area (Å²) in [5, 5.41) is 11.1. The summed E-state index contributed by atoms with van der Waals surface area (Å²) in [5.41, 5.74) is 19.6. The third kappa shape index (κ3) is 11.6. The molecular formula is C99H59N13O3S2. The second kappa shape index (κ2) is 27.7. The zero-order valence-corrected chi connectivity index (χ0v) is 63.6. The molecule has 0 saturated heterocycles.